The Balaban J connectivity index is 1.81. The van der Waals surface area contributed by atoms with E-state index in [4.69, 9.17) is 5.10 Å². The Labute approximate surface area is 170 Å². The maximum atomic E-state index is 12.4. The topological polar surface area (TPSA) is 47.8 Å². The van der Waals surface area contributed by atoms with Crippen LogP contribution in [0.4, 0.5) is 0 Å². The fourth-order valence-corrected chi connectivity index (χ4v) is 3.21. The van der Waals surface area contributed by atoms with Crippen molar-refractivity contribution in [1.82, 2.24) is 14.8 Å². The molecule has 2 heterocycles. The van der Waals surface area contributed by atoms with Crippen LogP contribution in [0.15, 0.2) is 97.0 Å². The average Bonchev–Trinajstić information content (AvgIpc) is 3.19. The first-order valence-corrected chi connectivity index (χ1v) is 9.51. The number of Topliss-reactive ketones (excluding diaryl/α,β-unsaturated/α-hetero) is 1. The number of hydrogen-bond acceptors (Lipinski definition) is 3. The second-order valence-electron chi connectivity index (χ2n) is 6.84. The van der Waals surface area contributed by atoms with Crippen molar-refractivity contribution in [2.75, 3.05) is 0 Å². The van der Waals surface area contributed by atoms with E-state index in [1.54, 1.807) is 19.3 Å². The second kappa shape index (κ2) is 8.48. The first-order valence-electron chi connectivity index (χ1n) is 9.51. The van der Waals surface area contributed by atoms with Gasteiger partial charge in [-0.1, -0.05) is 48.5 Å². The molecule has 0 aliphatic heterocycles. The smallest absolute Gasteiger partial charge is 0.156 e. The Hall–Kier alpha value is -3.79. The molecule has 0 atom stereocenters. The average molecular weight is 379 g/mol. The summed E-state index contributed by atoms with van der Waals surface area (Å²) in [7, 11) is 0. The van der Waals surface area contributed by atoms with E-state index in [9.17, 15) is 4.79 Å². The number of allylic oxidation sites excluding steroid dienone is 1. The maximum absolute atomic E-state index is 12.4. The molecule has 4 heteroatoms. The van der Waals surface area contributed by atoms with Crippen molar-refractivity contribution in [3.05, 3.63) is 108 Å². The van der Waals surface area contributed by atoms with Crippen LogP contribution in [-0.4, -0.2) is 20.5 Å². The molecule has 0 amide bonds. The van der Waals surface area contributed by atoms with Gasteiger partial charge < -0.3 is 0 Å². The number of hydrogen-bond donors (Lipinski definition) is 0. The lowest BCUT2D eigenvalue weighted by molar-refractivity contribution is -0.113. The van der Waals surface area contributed by atoms with Gasteiger partial charge in [0, 0.05) is 36.1 Å². The standard InChI is InChI=1S/C25H21N3O/c1-19(29)22(15-20-9-4-2-5-10-20)16-23-18-28(24-12-6-3-7-13-24)27-25(23)21-11-8-14-26-17-21/h2-14,16-18H,15H2,1H3/b22-16-. The molecule has 4 nitrogen and oxygen atoms in total. The van der Waals surface area contributed by atoms with Crippen molar-refractivity contribution in [2.45, 2.75) is 13.3 Å². The van der Waals surface area contributed by atoms with Gasteiger partial charge >= 0.3 is 0 Å². The maximum Gasteiger partial charge on any atom is 0.156 e. The third-order valence-corrected chi connectivity index (χ3v) is 4.72. The molecule has 0 unspecified atom stereocenters. The minimum atomic E-state index is 0.0541. The van der Waals surface area contributed by atoms with E-state index in [0.29, 0.717) is 6.42 Å². The largest absolute Gasteiger partial charge is 0.295 e. The number of nitrogens with zero attached hydrogens (tertiary/aromatic N) is 3. The van der Waals surface area contributed by atoms with Gasteiger partial charge in [-0.3, -0.25) is 9.78 Å². The van der Waals surface area contributed by atoms with Crippen LogP contribution in [-0.2, 0) is 11.2 Å². The minimum absolute atomic E-state index is 0.0541. The van der Waals surface area contributed by atoms with E-state index >= 15 is 0 Å². The van der Waals surface area contributed by atoms with Gasteiger partial charge in [-0.2, -0.15) is 5.10 Å². The normalized spacial score (nSPS) is 11.4. The van der Waals surface area contributed by atoms with Crippen LogP contribution in [0.5, 0.6) is 0 Å². The van der Waals surface area contributed by atoms with Crippen molar-refractivity contribution >= 4 is 11.9 Å². The van der Waals surface area contributed by atoms with Crippen LogP contribution in [0.3, 0.4) is 0 Å². The van der Waals surface area contributed by atoms with Crippen molar-refractivity contribution in [2.24, 2.45) is 0 Å². The van der Waals surface area contributed by atoms with Crippen LogP contribution in [0.1, 0.15) is 18.1 Å². The predicted octanol–water partition coefficient (Wildman–Crippen LogP) is 5.15. The third-order valence-electron chi connectivity index (χ3n) is 4.72. The molecule has 29 heavy (non-hydrogen) atoms. The van der Waals surface area contributed by atoms with Gasteiger partial charge in [-0.15, -0.1) is 0 Å². The fourth-order valence-electron chi connectivity index (χ4n) is 3.21. The molecule has 0 saturated heterocycles. The van der Waals surface area contributed by atoms with E-state index in [0.717, 1.165) is 33.6 Å². The summed E-state index contributed by atoms with van der Waals surface area (Å²) in [6, 6.07) is 23.8. The lowest BCUT2D eigenvalue weighted by Gasteiger charge is -2.05. The second-order valence-corrected chi connectivity index (χ2v) is 6.84. The van der Waals surface area contributed by atoms with E-state index in [-0.39, 0.29) is 5.78 Å². The number of ketones is 1. The van der Waals surface area contributed by atoms with Gasteiger partial charge in [0.05, 0.1) is 5.69 Å². The summed E-state index contributed by atoms with van der Waals surface area (Å²) in [5.74, 6) is 0.0541. The fraction of sp³-hybridized carbons (Fsp3) is 0.0800. The number of pyridine rings is 1. The zero-order valence-electron chi connectivity index (χ0n) is 16.2. The van der Waals surface area contributed by atoms with Crippen molar-refractivity contribution < 1.29 is 4.79 Å². The molecule has 0 spiro atoms. The summed E-state index contributed by atoms with van der Waals surface area (Å²) in [4.78, 5) is 16.6. The monoisotopic (exact) mass is 379 g/mol. The third kappa shape index (κ3) is 4.38. The van der Waals surface area contributed by atoms with Gasteiger partial charge in [-0.25, -0.2) is 4.68 Å². The van der Waals surface area contributed by atoms with E-state index < -0.39 is 0 Å². The molecular weight excluding hydrogens is 358 g/mol. The highest BCUT2D eigenvalue weighted by molar-refractivity contribution is 5.99. The van der Waals surface area contributed by atoms with Crippen LogP contribution >= 0.6 is 0 Å². The number of carbonyl (C=O) groups excluding carboxylic acids is 1. The van der Waals surface area contributed by atoms with Crippen LogP contribution in [0, 0.1) is 0 Å². The summed E-state index contributed by atoms with van der Waals surface area (Å²) in [6.45, 7) is 1.61. The summed E-state index contributed by atoms with van der Waals surface area (Å²) < 4.78 is 1.84. The number of benzene rings is 2. The first-order chi connectivity index (χ1) is 14.2. The molecule has 0 radical (unpaired) electrons. The molecule has 0 N–H and O–H groups in total. The zero-order chi connectivity index (χ0) is 20.1. The van der Waals surface area contributed by atoms with E-state index in [1.807, 2.05) is 89.8 Å². The highest BCUT2D eigenvalue weighted by Gasteiger charge is 2.14. The lowest BCUT2D eigenvalue weighted by atomic mass is 9.99. The van der Waals surface area contributed by atoms with Gasteiger partial charge in [0.1, 0.15) is 5.69 Å². The molecule has 2 aromatic heterocycles. The molecule has 4 rings (SSSR count). The Morgan fingerprint density at radius 3 is 2.34 bits per heavy atom. The van der Waals surface area contributed by atoms with Crippen LogP contribution in [0.25, 0.3) is 23.0 Å². The molecular formula is C25H21N3O. The summed E-state index contributed by atoms with van der Waals surface area (Å²) in [5.41, 5.74) is 5.42. The van der Waals surface area contributed by atoms with Crippen LogP contribution < -0.4 is 0 Å². The molecule has 142 valence electrons. The van der Waals surface area contributed by atoms with E-state index in [2.05, 4.69) is 4.98 Å². The highest BCUT2D eigenvalue weighted by Crippen LogP contribution is 2.26. The number of aromatic nitrogens is 3. The highest BCUT2D eigenvalue weighted by atomic mass is 16.1. The van der Waals surface area contributed by atoms with Gasteiger partial charge in [0.2, 0.25) is 0 Å². The Morgan fingerprint density at radius 1 is 0.966 bits per heavy atom. The molecule has 0 saturated carbocycles. The Morgan fingerprint density at radius 2 is 1.69 bits per heavy atom. The predicted molar refractivity (Wildman–Crippen MR) is 116 cm³/mol. The van der Waals surface area contributed by atoms with Crippen LogP contribution in [0.2, 0.25) is 0 Å². The minimum Gasteiger partial charge on any atom is -0.295 e. The summed E-state index contributed by atoms with van der Waals surface area (Å²) >= 11 is 0. The van der Waals surface area contributed by atoms with Gasteiger partial charge in [0.25, 0.3) is 0 Å². The molecule has 4 aromatic rings. The Kier molecular flexibility index (Phi) is 5.43. The summed E-state index contributed by atoms with van der Waals surface area (Å²) in [6.07, 6.45) is 8.03. The number of carbonyl (C=O) groups is 1. The molecule has 0 bridgehead atoms. The van der Waals surface area contributed by atoms with Crippen molar-refractivity contribution in [3.8, 4) is 16.9 Å². The van der Waals surface area contributed by atoms with Gasteiger partial charge in [0.15, 0.2) is 5.78 Å². The molecule has 2 aromatic carbocycles. The number of para-hydroxylation sites is 1. The van der Waals surface area contributed by atoms with Crippen molar-refractivity contribution in [1.29, 1.82) is 0 Å². The Bertz CT molecular complexity index is 1130. The lowest BCUT2D eigenvalue weighted by Crippen LogP contribution is -2.00. The summed E-state index contributed by atoms with van der Waals surface area (Å²) in [5, 5.41) is 4.79. The number of rotatable bonds is 6. The van der Waals surface area contributed by atoms with Crippen molar-refractivity contribution in [3.63, 3.8) is 0 Å². The quantitative estimate of drug-likeness (QED) is 0.435. The molecule has 0 fully saturated rings. The SMILES string of the molecule is CC(=O)/C(=C\c1cn(-c2ccccc2)nc1-c1cccnc1)Cc1ccccc1. The molecule has 0 aliphatic carbocycles. The van der Waals surface area contributed by atoms with Gasteiger partial charge in [-0.05, 0) is 48.4 Å². The zero-order valence-corrected chi connectivity index (χ0v) is 16.2. The first kappa shape index (κ1) is 18.6. The van der Waals surface area contributed by atoms with E-state index in [1.165, 1.54) is 0 Å². The molecule has 0 aliphatic rings.